The Bertz CT molecular complexity index is 1270. The molecular formula is C27H24FN3O3. The van der Waals surface area contributed by atoms with Crippen molar-refractivity contribution in [3.63, 3.8) is 0 Å². The fourth-order valence-corrected chi connectivity index (χ4v) is 4.59. The Morgan fingerprint density at radius 1 is 0.765 bits per heavy atom. The number of hydrogen-bond donors (Lipinski definition) is 0. The first-order chi connectivity index (χ1) is 16.6. The number of methoxy groups -OCH3 is 1. The number of carbonyl (C=O) groups is 2. The number of anilines is 2. The number of hydrogen-bond acceptors (Lipinski definition) is 5. The highest BCUT2D eigenvalue weighted by Crippen LogP contribution is 2.36. The van der Waals surface area contributed by atoms with Crippen molar-refractivity contribution in [3.05, 3.63) is 95.9 Å². The molecule has 2 aliphatic heterocycles. The Balaban J connectivity index is 1.48. The van der Waals surface area contributed by atoms with Crippen molar-refractivity contribution in [2.24, 2.45) is 0 Å². The highest BCUT2D eigenvalue weighted by molar-refractivity contribution is 6.45. The molecular weight excluding hydrogens is 433 g/mol. The van der Waals surface area contributed by atoms with E-state index < -0.39 is 17.6 Å². The molecule has 0 unspecified atom stereocenters. The molecule has 0 atom stereocenters. The van der Waals surface area contributed by atoms with E-state index in [9.17, 15) is 14.0 Å². The summed E-state index contributed by atoms with van der Waals surface area (Å²) in [6.07, 6.45) is 0. The van der Waals surface area contributed by atoms with E-state index in [0.717, 1.165) is 16.3 Å². The van der Waals surface area contributed by atoms with Crippen molar-refractivity contribution < 1.29 is 18.7 Å². The lowest BCUT2D eigenvalue weighted by atomic mass is 10.0. The quantitative estimate of drug-likeness (QED) is 0.544. The van der Waals surface area contributed by atoms with Gasteiger partial charge >= 0.3 is 0 Å². The first kappa shape index (κ1) is 21.7. The van der Waals surface area contributed by atoms with E-state index in [4.69, 9.17) is 4.74 Å². The lowest BCUT2D eigenvalue weighted by Crippen LogP contribution is -2.47. The van der Waals surface area contributed by atoms with Gasteiger partial charge in [0.15, 0.2) is 0 Å². The molecule has 172 valence electrons. The highest BCUT2D eigenvalue weighted by atomic mass is 19.1. The van der Waals surface area contributed by atoms with Crippen LogP contribution in [0, 0.1) is 5.82 Å². The van der Waals surface area contributed by atoms with Crippen LogP contribution in [0.3, 0.4) is 0 Å². The molecule has 0 radical (unpaired) electrons. The molecule has 34 heavy (non-hydrogen) atoms. The third-order valence-corrected chi connectivity index (χ3v) is 6.21. The number of rotatable bonds is 5. The molecule has 2 heterocycles. The van der Waals surface area contributed by atoms with Crippen LogP contribution in [0.15, 0.2) is 84.6 Å². The number of imide groups is 1. The van der Waals surface area contributed by atoms with Crippen LogP contribution in [0.2, 0.25) is 0 Å². The molecule has 0 spiro atoms. The largest absolute Gasteiger partial charge is 0.495 e. The monoisotopic (exact) mass is 457 g/mol. The number of para-hydroxylation sites is 2. The molecule has 1 saturated heterocycles. The van der Waals surface area contributed by atoms with E-state index in [1.165, 1.54) is 18.2 Å². The molecule has 6 nitrogen and oxygen atoms in total. The van der Waals surface area contributed by atoms with Gasteiger partial charge in [-0.05, 0) is 35.9 Å². The average molecular weight is 458 g/mol. The van der Waals surface area contributed by atoms with Crippen molar-refractivity contribution >= 4 is 28.8 Å². The van der Waals surface area contributed by atoms with E-state index in [1.807, 2.05) is 59.5 Å². The molecule has 0 bridgehead atoms. The van der Waals surface area contributed by atoms with Crippen molar-refractivity contribution in [1.29, 1.82) is 0 Å². The van der Waals surface area contributed by atoms with Gasteiger partial charge < -0.3 is 14.5 Å². The first-order valence-electron chi connectivity index (χ1n) is 11.2. The fourth-order valence-electron chi connectivity index (χ4n) is 4.59. The zero-order valence-corrected chi connectivity index (χ0v) is 18.8. The summed E-state index contributed by atoms with van der Waals surface area (Å²) in [5.41, 5.74) is 2.60. The van der Waals surface area contributed by atoms with Crippen LogP contribution in [-0.2, 0) is 9.59 Å². The lowest BCUT2D eigenvalue weighted by Gasteiger charge is -2.38. The third-order valence-electron chi connectivity index (χ3n) is 6.21. The van der Waals surface area contributed by atoms with E-state index in [1.54, 1.807) is 13.2 Å². The van der Waals surface area contributed by atoms with Crippen molar-refractivity contribution in [2.45, 2.75) is 0 Å². The van der Waals surface area contributed by atoms with E-state index in [2.05, 4.69) is 4.90 Å². The second kappa shape index (κ2) is 9.02. The number of nitrogens with zero attached hydrogens (tertiary/aromatic N) is 3. The Kier molecular flexibility index (Phi) is 5.76. The molecule has 0 aliphatic carbocycles. The van der Waals surface area contributed by atoms with Crippen molar-refractivity contribution in [1.82, 2.24) is 4.90 Å². The Morgan fingerprint density at radius 3 is 2.15 bits per heavy atom. The molecule has 2 aliphatic rings. The van der Waals surface area contributed by atoms with Gasteiger partial charge in [0.1, 0.15) is 17.3 Å². The first-order valence-corrected chi connectivity index (χ1v) is 11.2. The summed E-state index contributed by atoms with van der Waals surface area (Å²) in [5, 5.41) is 0. The molecule has 0 aromatic heterocycles. The average Bonchev–Trinajstić information content (AvgIpc) is 3.14. The summed E-state index contributed by atoms with van der Waals surface area (Å²) in [6, 6.07) is 22.6. The minimum absolute atomic E-state index is 0.228. The summed E-state index contributed by atoms with van der Waals surface area (Å²) in [6.45, 7) is 2.43. The standard InChI is InChI=1S/C27H24FN3O3/c1-34-23-13-6-5-12-22(23)29-14-16-30(17-15-29)25-24(19-8-3-2-4-9-19)26(32)31(27(25)33)21-11-7-10-20(28)18-21/h2-13,18H,14-17H2,1H3. The van der Waals surface area contributed by atoms with Gasteiger partial charge in [-0.15, -0.1) is 0 Å². The second-order valence-electron chi connectivity index (χ2n) is 8.16. The molecule has 1 fully saturated rings. The Morgan fingerprint density at radius 2 is 1.44 bits per heavy atom. The van der Waals surface area contributed by atoms with Crippen LogP contribution in [-0.4, -0.2) is 50.0 Å². The van der Waals surface area contributed by atoms with Gasteiger partial charge in [-0.25, -0.2) is 9.29 Å². The summed E-state index contributed by atoms with van der Waals surface area (Å²) in [5.74, 6) is -0.577. The fraction of sp³-hybridized carbons (Fsp3) is 0.185. The summed E-state index contributed by atoms with van der Waals surface area (Å²) in [7, 11) is 1.65. The van der Waals surface area contributed by atoms with Gasteiger partial charge in [0, 0.05) is 26.2 Å². The van der Waals surface area contributed by atoms with Crippen LogP contribution in [0.1, 0.15) is 5.56 Å². The van der Waals surface area contributed by atoms with Crippen LogP contribution >= 0.6 is 0 Å². The maximum absolute atomic E-state index is 13.9. The van der Waals surface area contributed by atoms with E-state index >= 15 is 0 Å². The molecule has 7 heteroatoms. The number of amides is 2. The molecule has 0 N–H and O–H groups in total. The van der Waals surface area contributed by atoms with Gasteiger partial charge in [-0.1, -0.05) is 48.5 Å². The van der Waals surface area contributed by atoms with Gasteiger partial charge in [0.2, 0.25) is 0 Å². The zero-order valence-electron chi connectivity index (χ0n) is 18.8. The number of ether oxygens (including phenoxy) is 1. The van der Waals surface area contributed by atoms with Crippen LogP contribution < -0.4 is 14.5 Å². The number of halogens is 1. The topological polar surface area (TPSA) is 53.1 Å². The minimum Gasteiger partial charge on any atom is -0.495 e. The van der Waals surface area contributed by atoms with E-state index in [-0.39, 0.29) is 5.69 Å². The second-order valence-corrected chi connectivity index (χ2v) is 8.16. The Hall–Kier alpha value is -4.13. The van der Waals surface area contributed by atoms with Gasteiger partial charge in [0.05, 0.1) is 24.1 Å². The summed E-state index contributed by atoms with van der Waals surface area (Å²) < 4.78 is 19.4. The molecule has 3 aromatic carbocycles. The lowest BCUT2D eigenvalue weighted by molar-refractivity contribution is -0.120. The summed E-state index contributed by atoms with van der Waals surface area (Å²) in [4.78, 5) is 32.4. The minimum atomic E-state index is -0.502. The highest BCUT2D eigenvalue weighted by Gasteiger charge is 2.43. The van der Waals surface area contributed by atoms with Crippen molar-refractivity contribution in [3.8, 4) is 5.75 Å². The van der Waals surface area contributed by atoms with Crippen LogP contribution in [0.5, 0.6) is 5.75 Å². The van der Waals surface area contributed by atoms with Gasteiger partial charge in [-0.2, -0.15) is 0 Å². The predicted molar refractivity (Wildman–Crippen MR) is 129 cm³/mol. The van der Waals surface area contributed by atoms with Crippen LogP contribution in [0.4, 0.5) is 15.8 Å². The maximum atomic E-state index is 13.9. The van der Waals surface area contributed by atoms with Crippen LogP contribution in [0.25, 0.3) is 5.57 Å². The summed E-state index contributed by atoms with van der Waals surface area (Å²) >= 11 is 0. The molecule has 3 aromatic rings. The van der Waals surface area contributed by atoms with Crippen molar-refractivity contribution in [2.75, 3.05) is 43.1 Å². The molecule has 0 saturated carbocycles. The molecule has 2 amide bonds. The van der Waals surface area contributed by atoms with Gasteiger partial charge in [-0.3, -0.25) is 9.59 Å². The van der Waals surface area contributed by atoms with Gasteiger partial charge in [0.25, 0.3) is 11.8 Å². The third kappa shape index (κ3) is 3.79. The number of piperazine rings is 1. The number of carbonyl (C=O) groups excluding carboxylic acids is 2. The zero-order chi connectivity index (χ0) is 23.7. The Labute approximate surface area is 197 Å². The molecule has 5 rings (SSSR count). The number of benzene rings is 3. The maximum Gasteiger partial charge on any atom is 0.282 e. The SMILES string of the molecule is COc1ccccc1N1CCN(C2=C(c3ccccc3)C(=O)N(c3cccc(F)c3)C2=O)CC1. The smallest absolute Gasteiger partial charge is 0.282 e. The normalized spacial score (nSPS) is 16.5. The predicted octanol–water partition coefficient (Wildman–Crippen LogP) is 3.94. The van der Waals surface area contributed by atoms with E-state index in [0.29, 0.717) is 43.0 Å².